The number of halogens is 3. The van der Waals surface area contributed by atoms with Gasteiger partial charge in [-0.1, -0.05) is 41.6 Å². The zero-order valence-electron chi connectivity index (χ0n) is 18.5. The Morgan fingerprint density at radius 3 is 2.17 bits per heavy atom. The van der Waals surface area contributed by atoms with Gasteiger partial charge in [0.25, 0.3) is 11.8 Å². The maximum atomic E-state index is 13.0. The molecule has 4 aromatic rings. The number of amides is 1. The molecule has 0 atom stereocenters. The van der Waals surface area contributed by atoms with Crippen LogP contribution in [-0.4, -0.2) is 47.3 Å². The number of carbonyl (C=O) groups is 1. The molecule has 1 saturated heterocycles. The number of alkyl halides is 3. The van der Waals surface area contributed by atoms with Gasteiger partial charge in [-0.05, 0) is 47.5 Å². The van der Waals surface area contributed by atoms with Gasteiger partial charge in [0.05, 0.1) is 18.8 Å². The van der Waals surface area contributed by atoms with Crippen molar-refractivity contribution in [3.05, 3.63) is 83.9 Å². The topological polar surface area (TPSA) is 68.5 Å². The summed E-state index contributed by atoms with van der Waals surface area (Å²) < 4.78 is 49.7. The predicted molar refractivity (Wildman–Crippen MR) is 122 cm³/mol. The molecule has 3 aromatic carbocycles. The van der Waals surface area contributed by atoms with Crippen molar-refractivity contribution in [1.29, 1.82) is 0 Å². The summed E-state index contributed by atoms with van der Waals surface area (Å²) in [5, 5.41) is 4.02. The lowest BCUT2D eigenvalue weighted by atomic mass is 10.0. The van der Waals surface area contributed by atoms with Crippen molar-refractivity contribution in [3.8, 4) is 34.0 Å². The van der Waals surface area contributed by atoms with Crippen molar-refractivity contribution in [1.82, 2.24) is 15.0 Å². The molecular weight excluding hydrogens is 459 g/mol. The van der Waals surface area contributed by atoms with Crippen LogP contribution in [0, 0.1) is 0 Å². The normalized spacial score (nSPS) is 14.2. The summed E-state index contributed by atoms with van der Waals surface area (Å²) in [6.45, 7) is 2.21. The SMILES string of the molecule is O=C(c1ccc(-c2nc(-c3ccc(-c4cccc(C(F)(F)F)c4)cc3)no2)cc1)N1CCOCC1. The van der Waals surface area contributed by atoms with Gasteiger partial charge in [0.15, 0.2) is 0 Å². The zero-order valence-corrected chi connectivity index (χ0v) is 18.5. The van der Waals surface area contributed by atoms with Crippen LogP contribution in [0.1, 0.15) is 15.9 Å². The van der Waals surface area contributed by atoms with E-state index < -0.39 is 11.7 Å². The molecule has 2 heterocycles. The van der Waals surface area contributed by atoms with Gasteiger partial charge in [0.1, 0.15) is 0 Å². The number of aromatic nitrogens is 2. The molecular formula is C26H20F3N3O3. The van der Waals surface area contributed by atoms with Crippen LogP contribution in [0.5, 0.6) is 0 Å². The van der Waals surface area contributed by atoms with E-state index in [4.69, 9.17) is 9.26 Å². The van der Waals surface area contributed by atoms with Gasteiger partial charge in [-0.2, -0.15) is 18.2 Å². The monoisotopic (exact) mass is 479 g/mol. The Bertz CT molecular complexity index is 1330. The van der Waals surface area contributed by atoms with Crippen LogP contribution in [0.4, 0.5) is 13.2 Å². The number of hydrogen-bond acceptors (Lipinski definition) is 5. The second-order valence-corrected chi connectivity index (χ2v) is 8.06. The van der Waals surface area contributed by atoms with E-state index in [9.17, 15) is 18.0 Å². The van der Waals surface area contributed by atoms with Gasteiger partial charge in [-0.25, -0.2) is 0 Å². The minimum atomic E-state index is -4.40. The van der Waals surface area contributed by atoms with Gasteiger partial charge in [-0.15, -0.1) is 0 Å². The van der Waals surface area contributed by atoms with E-state index in [1.807, 2.05) is 0 Å². The summed E-state index contributed by atoms with van der Waals surface area (Å²) in [6.07, 6.45) is -4.40. The summed E-state index contributed by atoms with van der Waals surface area (Å²) in [5.74, 6) is 0.600. The standard InChI is InChI=1S/C26H20F3N3O3/c27-26(28,29)22-3-1-2-21(16-22)17-4-6-18(7-5-17)23-30-24(35-31-23)19-8-10-20(11-9-19)25(33)32-12-14-34-15-13-32/h1-11,16H,12-15H2. The first-order valence-corrected chi connectivity index (χ1v) is 11.0. The Balaban J connectivity index is 1.31. The highest BCUT2D eigenvalue weighted by Gasteiger charge is 2.30. The first kappa shape index (κ1) is 22.8. The Morgan fingerprint density at radius 2 is 1.49 bits per heavy atom. The number of rotatable bonds is 4. The first-order chi connectivity index (χ1) is 16.9. The Hall–Kier alpha value is -3.98. The average molecular weight is 479 g/mol. The first-order valence-electron chi connectivity index (χ1n) is 11.0. The smallest absolute Gasteiger partial charge is 0.378 e. The molecule has 0 spiro atoms. The molecule has 5 rings (SSSR count). The Kier molecular flexibility index (Phi) is 6.08. The molecule has 0 N–H and O–H groups in total. The third kappa shape index (κ3) is 4.95. The molecule has 178 valence electrons. The molecule has 1 fully saturated rings. The van der Waals surface area contributed by atoms with Crippen molar-refractivity contribution in [2.75, 3.05) is 26.3 Å². The molecule has 6 nitrogen and oxygen atoms in total. The number of carbonyl (C=O) groups excluding carboxylic acids is 1. The summed E-state index contributed by atoms with van der Waals surface area (Å²) in [7, 11) is 0. The Morgan fingerprint density at radius 1 is 0.829 bits per heavy atom. The van der Waals surface area contributed by atoms with Gasteiger partial charge < -0.3 is 14.2 Å². The van der Waals surface area contributed by atoms with E-state index in [1.54, 1.807) is 59.5 Å². The molecule has 1 aliphatic rings. The number of nitrogens with zero attached hydrogens (tertiary/aromatic N) is 3. The molecule has 1 amide bonds. The van der Waals surface area contributed by atoms with Crippen molar-refractivity contribution in [3.63, 3.8) is 0 Å². The average Bonchev–Trinajstić information content (AvgIpc) is 3.39. The predicted octanol–water partition coefficient (Wildman–Crippen LogP) is 5.56. The summed E-state index contributed by atoms with van der Waals surface area (Å²) in [6, 6.07) is 19.0. The van der Waals surface area contributed by atoms with Crippen LogP contribution in [0.15, 0.2) is 77.3 Å². The van der Waals surface area contributed by atoms with Crippen molar-refractivity contribution in [2.24, 2.45) is 0 Å². The number of benzene rings is 3. The summed E-state index contributed by atoms with van der Waals surface area (Å²) in [4.78, 5) is 18.8. The fourth-order valence-corrected chi connectivity index (χ4v) is 3.85. The summed E-state index contributed by atoms with van der Waals surface area (Å²) in [5.41, 5.74) is 2.31. The molecule has 0 aliphatic carbocycles. The molecule has 35 heavy (non-hydrogen) atoms. The van der Waals surface area contributed by atoms with Crippen LogP contribution in [0.3, 0.4) is 0 Å². The molecule has 1 aromatic heterocycles. The molecule has 0 unspecified atom stereocenters. The molecule has 0 bridgehead atoms. The third-order valence-corrected chi connectivity index (χ3v) is 5.77. The maximum Gasteiger partial charge on any atom is 0.416 e. The lowest BCUT2D eigenvalue weighted by Gasteiger charge is -2.26. The van der Waals surface area contributed by atoms with Crippen LogP contribution in [0.2, 0.25) is 0 Å². The van der Waals surface area contributed by atoms with E-state index in [1.165, 1.54) is 6.07 Å². The highest BCUT2D eigenvalue weighted by Crippen LogP contribution is 2.33. The Labute approximate surface area is 199 Å². The molecule has 9 heteroatoms. The van der Waals surface area contributed by atoms with Crippen molar-refractivity contribution >= 4 is 5.91 Å². The van der Waals surface area contributed by atoms with Crippen LogP contribution in [-0.2, 0) is 10.9 Å². The maximum absolute atomic E-state index is 13.0. The third-order valence-electron chi connectivity index (χ3n) is 5.77. The van der Waals surface area contributed by atoms with E-state index >= 15 is 0 Å². The number of ether oxygens (including phenoxy) is 1. The highest BCUT2D eigenvalue weighted by atomic mass is 19.4. The minimum absolute atomic E-state index is 0.0491. The number of hydrogen-bond donors (Lipinski definition) is 0. The van der Waals surface area contributed by atoms with E-state index in [2.05, 4.69) is 10.1 Å². The van der Waals surface area contributed by atoms with Gasteiger partial charge >= 0.3 is 6.18 Å². The van der Waals surface area contributed by atoms with Crippen LogP contribution < -0.4 is 0 Å². The van der Waals surface area contributed by atoms with Gasteiger partial charge in [0, 0.05) is 29.8 Å². The van der Waals surface area contributed by atoms with Crippen LogP contribution >= 0.6 is 0 Å². The minimum Gasteiger partial charge on any atom is -0.378 e. The largest absolute Gasteiger partial charge is 0.416 e. The quantitative estimate of drug-likeness (QED) is 0.383. The fraction of sp³-hybridized carbons (Fsp3) is 0.192. The summed E-state index contributed by atoms with van der Waals surface area (Å²) >= 11 is 0. The van der Waals surface area contributed by atoms with Crippen molar-refractivity contribution in [2.45, 2.75) is 6.18 Å². The van der Waals surface area contributed by atoms with Crippen molar-refractivity contribution < 1.29 is 27.2 Å². The fourth-order valence-electron chi connectivity index (χ4n) is 3.85. The second kappa shape index (κ2) is 9.34. The molecule has 1 aliphatic heterocycles. The van der Waals surface area contributed by atoms with Gasteiger partial charge in [0.2, 0.25) is 5.82 Å². The van der Waals surface area contributed by atoms with Gasteiger partial charge in [-0.3, -0.25) is 4.79 Å². The molecule has 0 radical (unpaired) electrons. The second-order valence-electron chi connectivity index (χ2n) is 8.06. The highest BCUT2D eigenvalue weighted by molar-refractivity contribution is 5.94. The lowest BCUT2D eigenvalue weighted by molar-refractivity contribution is -0.137. The lowest BCUT2D eigenvalue weighted by Crippen LogP contribution is -2.40. The van der Waals surface area contributed by atoms with Crippen LogP contribution in [0.25, 0.3) is 34.0 Å². The number of morpholine rings is 1. The van der Waals surface area contributed by atoms with E-state index in [-0.39, 0.29) is 5.91 Å². The zero-order chi connectivity index (χ0) is 24.4. The van der Waals surface area contributed by atoms with E-state index in [0.717, 1.165) is 12.1 Å². The molecule has 0 saturated carbocycles. The van der Waals surface area contributed by atoms with E-state index in [0.29, 0.717) is 65.8 Å².